The summed E-state index contributed by atoms with van der Waals surface area (Å²) >= 11 is 0. The topological polar surface area (TPSA) is 56.7 Å². The summed E-state index contributed by atoms with van der Waals surface area (Å²) in [4.78, 5) is 4.60. The Morgan fingerprint density at radius 3 is 2.53 bits per heavy atom. The molecule has 1 aromatic carbocycles. The largest absolute Gasteiger partial charge is 0.330 e. The number of benzene rings is 1. The van der Waals surface area contributed by atoms with Crippen molar-refractivity contribution in [3.8, 4) is 5.69 Å². The predicted molar refractivity (Wildman–Crippen MR) is 77.7 cm³/mol. The Morgan fingerprint density at radius 1 is 1.21 bits per heavy atom. The Bertz CT molecular complexity index is 570. The Hall–Kier alpha value is -1.68. The minimum atomic E-state index is 0.323. The van der Waals surface area contributed by atoms with Crippen molar-refractivity contribution >= 4 is 0 Å². The molecule has 0 saturated heterocycles. The highest BCUT2D eigenvalue weighted by Crippen LogP contribution is 2.18. The molecule has 2 aromatic rings. The van der Waals surface area contributed by atoms with Crippen molar-refractivity contribution in [2.75, 3.05) is 6.54 Å². The molecule has 0 aliphatic heterocycles. The van der Waals surface area contributed by atoms with Gasteiger partial charge in [-0.05, 0) is 43.7 Å². The van der Waals surface area contributed by atoms with Crippen LogP contribution in [0.5, 0.6) is 0 Å². The highest BCUT2D eigenvalue weighted by molar-refractivity contribution is 5.39. The zero-order valence-electron chi connectivity index (χ0n) is 12.1. The smallest absolute Gasteiger partial charge is 0.153 e. The van der Waals surface area contributed by atoms with E-state index in [9.17, 15) is 0 Å². The zero-order chi connectivity index (χ0) is 14.0. The van der Waals surface area contributed by atoms with Gasteiger partial charge >= 0.3 is 0 Å². The second kappa shape index (κ2) is 5.53. The van der Waals surface area contributed by atoms with Gasteiger partial charge in [-0.15, -0.1) is 0 Å². The number of nitrogens with zero attached hydrogens (tertiary/aromatic N) is 3. The summed E-state index contributed by atoms with van der Waals surface area (Å²) in [5.41, 5.74) is 9.27. The molecule has 0 fully saturated rings. The maximum absolute atomic E-state index is 5.67. The molecule has 1 heterocycles. The first-order valence-electron chi connectivity index (χ1n) is 6.76. The van der Waals surface area contributed by atoms with Crippen LogP contribution < -0.4 is 5.73 Å². The van der Waals surface area contributed by atoms with E-state index in [-0.39, 0.29) is 0 Å². The molecule has 0 amide bonds. The predicted octanol–water partition coefficient (Wildman–Crippen LogP) is 2.51. The number of hydrogen-bond acceptors (Lipinski definition) is 3. The van der Waals surface area contributed by atoms with Gasteiger partial charge in [-0.25, -0.2) is 9.67 Å². The molecule has 2 N–H and O–H groups in total. The lowest BCUT2D eigenvalue weighted by Crippen LogP contribution is -2.10. The average molecular weight is 258 g/mol. The van der Waals surface area contributed by atoms with E-state index in [1.54, 1.807) is 0 Å². The van der Waals surface area contributed by atoms with E-state index in [2.05, 4.69) is 56.0 Å². The van der Waals surface area contributed by atoms with E-state index < -0.39 is 0 Å². The van der Waals surface area contributed by atoms with Crippen LogP contribution in [-0.2, 0) is 6.42 Å². The van der Waals surface area contributed by atoms with Crippen molar-refractivity contribution in [3.63, 3.8) is 0 Å². The molecule has 102 valence electrons. The molecule has 0 unspecified atom stereocenters. The van der Waals surface area contributed by atoms with Crippen molar-refractivity contribution < 1.29 is 0 Å². The molecule has 1 aromatic heterocycles. The highest BCUT2D eigenvalue weighted by atomic mass is 15.4. The fraction of sp³-hybridized carbons (Fsp3) is 0.467. The summed E-state index contributed by atoms with van der Waals surface area (Å²) < 4.78 is 1.93. The molecular weight excluding hydrogens is 236 g/mol. The Balaban J connectivity index is 2.49. The first kappa shape index (κ1) is 13.7. The van der Waals surface area contributed by atoms with Gasteiger partial charge in [0.15, 0.2) is 5.82 Å². The van der Waals surface area contributed by atoms with Gasteiger partial charge in [0.1, 0.15) is 5.82 Å². The monoisotopic (exact) mass is 258 g/mol. The van der Waals surface area contributed by atoms with Crippen LogP contribution in [0, 0.1) is 13.8 Å². The van der Waals surface area contributed by atoms with Crippen LogP contribution in [-0.4, -0.2) is 21.3 Å². The van der Waals surface area contributed by atoms with Crippen LogP contribution in [0.1, 0.15) is 42.5 Å². The number of nitrogens with two attached hydrogens (primary N) is 1. The Labute approximate surface area is 114 Å². The summed E-state index contributed by atoms with van der Waals surface area (Å²) in [6.45, 7) is 9.02. The minimum absolute atomic E-state index is 0.323. The van der Waals surface area contributed by atoms with Gasteiger partial charge in [0.25, 0.3) is 0 Å². The first-order valence-corrected chi connectivity index (χ1v) is 6.76. The summed E-state index contributed by atoms with van der Waals surface area (Å²) in [6.07, 6.45) is 0.743. The van der Waals surface area contributed by atoms with E-state index in [4.69, 9.17) is 5.73 Å². The molecule has 19 heavy (non-hydrogen) atoms. The van der Waals surface area contributed by atoms with E-state index in [1.165, 1.54) is 11.1 Å². The van der Waals surface area contributed by atoms with Gasteiger partial charge in [-0.2, -0.15) is 5.10 Å². The third-order valence-electron chi connectivity index (χ3n) is 3.31. The summed E-state index contributed by atoms with van der Waals surface area (Å²) in [5.74, 6) is 2.14. The molecule has 4 heteroatoms. The van der Waals surface area contributed by atoms with E-state index in [0.29, 0.717) is 12.5 Å². The van der Waals surface area contributed by atoms with E-state index >= 15 is 0 Å². The molecule has 0 atom stereocenters. The minimum Gasteiger partial charge on any atom is -0.330 e. The highest BCUT2D eigenvalue weighted by Gasteiger charge is 2.13. The normalized spacial score (nSPS) is 11.3. The second-order valence-corrected chi connectivity index (χ2v) is 5.26. The summed E-state index contributed by atoms with van der Waals surface area (Å²) in [6, 6.07) is 6.35. The third-order valence-corrected chi connectivity index (χ3v) is 3.31. The lowest BCUT2D eigenvalue weighted by Gasteiger charge is -2.07. The van der Waals surface area contributed by atoms with E-state index in [1.807, 2.05) is 4.68 Å². The molecule has 0 bridgehead atoms. The average Bonchev–Trinajstić information content (AvgIpc) is 2.77. The SMILES string of the molecule is Cc1ccc(-n2nc(C(C)C)nc2CCN)cc1C. The molecule has 2 rings (SSSR count). The van der Waals surface area contributed by atoms with Crippen LogP contribution in [0.4, 0.5) is 0 Å². The number of aryl methyl sites for hydroxylation is 2. The summed E-state index contributed by atoms with van der Waals surface area (Å²) in [5, 5.41) is 4.62. The van der Waals surface area contributed by atoms with E-state index in [0.717, 1.165) is 23.8 Å². The van der Waals surface area contributed by atoms with Gasteiger partial charge < -0.3 is 5.73 Å². The molecule has 4 nitrogen and oxygen atoms in total. The van der Waals surface area contributed by atoms with Crippen molar-refractivity contribution in [1.29, 1.82) is 0 Å². The fourth-order valence-electron chi connectivity index (χ4n) is 1.96. The van der Waals surface area contributed by atoms with Gasteiger partial charge in [0, 0.05) is 12.3 Å². The van der Waals surface area contributed by atoms with Crippen LogP contribution in [0.25, 0.3) is 5.69 Å². The maximum atomic E-state index is 5.67. The van der Waals surface area contributed by atoms with Crippen molar-refractivity contribution in [3.05, 3.63) is 41.0 Å². The quantitative estimate of drug-likeness (QED) is 0.916. The number of hydrogen-bond donors (Lipinski definition) is 1. The van der Waals surface area contributed by atoms with Crippen LogP contribution in [0.3, 0.4) is 0 Å². The lowest BCUT2D eigenvalue weighted by molar-refractivity contribution is 0.743. The molecule has 0 aliphatic carbocycles. The summed E-state index contributed by atoms with van der Waals surface area (Å²) in [7, 11) is 0. The zero-order valence-corrected chi connectivity index (χ0v) is 12.1. The van der Waals surface area contributed by atoms with Crippen LogP contribution in [0.15, 0.2) is 18.2 Å². The molecule has 0 saturated carbocycles. The van der Waals surface area contributed by atoms with Crippen molar-refractivity contribution in [2.45, 2.75) is 40.0 Å². The molecule has 0 aliphatic rings. The Morgan fingerprint density at radius 2 is 1.95 bits per heavy atom. The van der Waals surface area contributed by atoms with Gasteiger partial charge in [0.2, 0.25) is 0 Å². The Kier molecular flexibility index (Phi) is 4.00. The molecule has 0 spiro atoms. The van der Waals surface area contributed by atoms with Crippen LogP contribution in [0.2, 0.25) is 0 Å². The molecular formula is C15H22N4. The number of rotatable bonds is 4. The number of aromatic nitrogens is 3. The van der Waals surface area contributed by atoms with Gasteiger partial charge in [-0.3, -0.25) is 0 Å². The second-order valence-electron chi connectivity index (χ2n) is 5.26. The first-order chi connectivity index (χ1) is 9.02. The lowest BCUT2D eigenvalue weighted by atomic mass is 10.1. The fourth-order valence-corrected chi connectivity index (χ4v) is 1.96. The van der Waals surface area contributed by atoms with Crippen LogP contribution >= 0.6 is 0 Å². The van der Waals surface area contributed by atoms with Crippen molar-refractivity contribution in [2.24, 2.45) is 5.73 Å². The maximum Gasteiger partial charge on any atom is 0.153 e. The van der Waals surface area contributed by atoms with Gasteiger partial charge in [0.05, 0.1) is 5.69 Å². The van der Waals surface area contributed by atoms with Crippen molar-refractivity contribution in [1.82, 2.24) is 14.8 Å². The van der Waals surface area contributed by atoms with Gasteiger partial charge in [-0.1, -0.05) is 19.9 Å². The standard InChI is InChI=1S/C15H22N4/c1-10(2)15-17-14(7-8-16)19(18-15)13-6-5-11(3)12(4)9-13/h5-6,9-10H,7-8,16H2,1-4H3. The third kappa shape index (κ3) is 2.84. The molecule has 0 radical (unpaired) electrons.